The predicted octanol–water partition coefficient (Wildman–Crippen LogP) is 3.81. The summed E-state index contributed by atoms with van der Waals surface area (Å²) in [7, 11) is 1.34. The van der Waals surface area contributed by atoms with Crippen molar-refractivity contribution in [1.82, 2.24) is 0 Å². The van der Waals surface area contributed by atoms with Crippen molar-refractivity contribution in [3.63, 3.8) is 0 Å². The Balaban J connectivity index is 2.96. The van der Waals surface area contributed by atoms with Crippen LogP contribution in [0, 0.1) is 5.92 Å². The van der Waals surface area contributed by atoms with Crippen LogP contribution in [0.5, 0.6) is 5.75 Å². The van der Waals surface area contributed by atoms with Gasteiger partial charge >= 0.3 is 5.97 Å². The highest BCUT2D eigenvalue weighted by molar-refractivity contribution is 9.08. The van der Waals surface area contributed by atoms with Gasteiger partial charge in [-0.2, -0.15) is 0 Å². The van der Waals surface area contributed by atoms with Gasteiger partial charge in [-0.15, -0.1) is 0 Å². The van der Waals surface area contributed by atoms with Crippen LogP contribution in [0.2, 0.25) is 5.02 Å². The van der Waals surface area contributed by atoms with Crippen LogP contribution >= 0.6 is 27.5 Å². The fourth-order valence-electron chi connectivity index (χ4n) is 1.43. The Morgan fingerprint density at radius 3 is 2.61 bits per heavy atom. The smallest absolute Gasteiger partial charge is 0.347 e. The Bertz CT molecular complexity index is 421. The third-order valence-electron chi connectivity index (χ3n) is 2.44. The molecule has 0 aliphatic rings. The summed E-state index contributed by atoms with van der Waals surface area (Å²) in [5, 5.41) is 1.18. The Labute approximate surface area is 121 Å². The number of ether oxygens (including phenoxy) is 2. The van der Waals surface area contributed by atoms with Crippen LogP contribution in [-0.4, -0.2) is 19.2 Å². The molecule has 0 bridgehead atoms. The normalized spacial score (nSPS) is 12.3. The molecule has 0 aliphatic heterocycles. The number of rotatable bonds is 5. The van der Waals surface area contributed by atoms with E-state index in [2.05, 4.69) is 15.9 Å². The number of hydrogen-bond donors (Lipinski definition) is 0. The van der Waals surface area contributed by atoms with Gasteiger partial charge in [0.2, 0.25) is 0 Å². The molecule has 0 heterocycles. The van der Waals surface area contributed by atoms with Crippen molar-refractivity contribution in [2.75, 3.05) is 7.11 Å². The molecule has 1 aromatic carbocycles. The molecule has 18 heavy (non-hydrogen) atoms. The van der Waals surface area contributed by atoms with Crippen LogP contribution in [0.15, 0.2) is 18.2 Å². The molecule has 0 N–H and O–H groups in total. The van der Waals surface area contributed by atoms with Crippen LogP contribution in [0.25, 0.3) is 0 Å². The molecule has 0 saturated carbocycles. The van der Waals surface area contributed by atoms with Crippen molar-refractivity contribution < 1.29 is 14.3 Å². The molecule has 0 aromatic heterocycles. The number of alkyl halides is 1. The van der Waals surface area contributed by atoms with E-state index in [0.717, 1.165) is 5.56 Å². The first-order valence-electron chi connectivity index (χ1n) is 5.58. The van der Waals surface area contributed by atoms with E-state index in [1.807, 2.05) is 26.0 Å². The minimum absolute atomic E-state index is 0.00106. The van der Waals surface area contributed by atoms with E-state index < -0.39 is 12.1 Å². The standard InChI is InChI=1S/C13H16BrClO3/c1-8(2)12(13(16)17-3)18-11-6-9(7-14)4-5-10(11)15/h4-6,8,12H,7H2,1-3H3/t12-/m1/s1. The van der Waals surface area contributed by atoms with Crippen LogP contribution in [0.1, 0.15) is 19.4 Å². The summed E-state index contributed by atoms with van der Waals surface area (Å²) in [6, 6.07) is 5.46. The number of carbonyl (C=O) groups is 1. The van der Waals surface area contributed by atoms with Gasteiger partial charge < -0.3 is 9.47 Å². The maximum absolute atomic E-state index is 11.6. The minimum Gasteiger partial charge on any atom is -0.477 e. The molecule has 0 unspecified atom stereocenters. The van der Waals surface area contributed by atoms with Gasteiger partial charge in [-0.25, -0.2) is 4.79 Å². The maximum atomic E-state index is 11.6. The summed E-state index contributed by atoms with van der Waals surface area (Å²) in [5.74, 6) is 0.101. The van der Waals surface area contributed by atoms with Gasteiger partial charge in [0, 0.05) is 11.2 Å². The topological polar surface area (TPSA) is 35.5 Å². The number of methoxy groups -OCH3 is 1. The lowest BCUT2D eigenvalue weighted by Crippen LogP contribution is -2.33. The Kier molecular flexibility index (Phi) is 5.96. The zero-order chi connectivity index (χ0) is 13.7. The molecule has 5 heteroatoms. The summed E-state index contributed by atoms with van der Waals surface area (Å²) in [4.78, 5) is 11.6. The summed E-state index contributed by atoms with van der Waals surface area (Å²) in [6.45, 7) is 3.79. The van der Waals surface area contributed by atoms with Crippen molar-refractivity contribution in [1.29, 1.82) is 0 Å². The minimum atomic E-state index is -0.655. The van der Waals surface area contributed by atoms with E-state index in [1.165, 1.54) is 7.11 Å². The van der Waals surface area contributed by atoms with Gasteiger partial charge in [0.25, 0.3) is 0 Å². The van der Waals surface area contributed by atoms with Crippen molar-refractivity contribution in [3.05, 3.63) is 28.8 Å². The van der Waals surface area contributed by atoms with Crippen LogP contribution in [0.4, 0.5) is 0 Å². The van der Waals surface area contributed by atoms with E-state index in [-0.39, 0.29) is 5.92 Å². The monoisotopic (exact) mass is 334 g/mol. The Morgan fingerprint density at radius 2 is 2.11 bits per heavy atom. The van der Waals surface area contributed by atoms with Crippen molar-refractivity contribution >= 4 is 33.5 Å². The van der Waals surface area contributed by atoms with Gasteiger partial charge in [-0.05, 0) is 17.7 Å². The Morgan fingerprint density at radius 1 is 1.44 bits per heavy atom. The third kappa shape index (κ3) is 3.89. The molecule has 0 amide bonds. The molecular formula is C13H16BrClO3. The summed E-state index contributed by atoms with van der Waals surface area (Å²) in [6.07, 6.45) is -0.655. The first-order valence-corrected chi connectivity index (χ1v) is 7.08. The van der Waals surface area contributed by atoms with Crippen LogP contribution < -0.4 is 4.74 Å². The SMILES string of the molecule is COC(=O)[C@H](Oc1cc(CBr)ccc1Cl)C(C)C. The van der Waals surface area contributed by atoms with E-state index in [4.69, 9.17) is 21.1 Å². The van der Waals surface area contributed by atoms with Crippen molar-refractivity contribution in [2.24, 2.45) is 5.92 Å². The first kappa shape index (κ1) is 15.3. The molecule has 1 atom stereocenters. The van der Waals surface area contributed by atoms with Crippen LogP contribution in [0.3, 0.4) is 0 Å². The van der Waals surface area contributed by atoms with Crippen LogP contribution in [-0.2, 0) is 14.9 Å². The van der Waals surface area contributed by atoms with Gasteiger partial charge in [-0.3, -0.25) is 0 Å². The quantitative estimate of drug-likeness (QED) is 0.606. The maximum Gasteiger partial charge on any atom is 0.347 e. The van der Waals surface area contributed by atoms with E-state index in [1.54, 1.807) is 6.07 Å². The van der Waals surface area contributed by atoms with Gasteiger partial charge in [-0.1, -0.05) is 47.4 Å². The lowest BCUT2D eigenvalue weighted by atomic mass is 10.1. The molecular weight excluding hydrogens is 319 g/mol. The van der Waals surface area contributed by atoms with Gasteiger partial charge in [0.15, 0.2) is 6.10 Å². The van der Waals surface area contributed by atoms with Crippen molar-refractivity contribution in [3.8, 4) is 5.75 Å². The second-order valence-corrected chi connectivity index (χ2v) is 5.17. The lowest BCUT2D eigenvalue weighted by molar-refractivity contribution is -0.150. The first-order chi connectivity index (χ1) is 8.49. The molecule has 1 rings (SSSR count). The lowest BCUT2D eigenvalue weighted by Gasteiger charge is -2.21. The third-order valence-corrected chi connectivity index (χ3v) is 3.40. The molecule has 0 saturated heterocycles. The van der Waals surface area contributed by atoms with E-state index in [9.17, 15) is 4.79 Å². The Hall–Kier alpha value is -0.740. The fourth-order valence-corrected chi connectivity index (χ4v) is 1.94. The number of esters is 1. The number of carbonyl (C=O) groups excluding carboxylic acids is 1. The van der Waals surface area contributed by atoms with Gasteiger partial charge in [0.05, 0.1) is 12.1 Å². The van der Waals surface area contributed by atoms with Crippen molar-refractivity contribution in [2.45, 2.75) is 25.3 Å². The number of benzene rings is 1. The molecule has 100 valence electrons. The van der Waals surface area contributed by atoms with E-state index in [0.29, 0.717) is 16.1 Å². The molecule has 0 spiro atoms. The fraction of sp³-hybridized carbons (Fsp3) is 0.462. The predicted molar refractivity (Wildman–Crippen MR) is 75.4 cm³/mol. The highest BCUT2D eigenvalue weighted by Gasteiger charge is 2.25. The summed E-state index contributed by atoms with van der Waals surface area (Å²) in [5.41, 5.74) is 1.03. The summed E-state index contributed by atoms with van der Waals surface area (Å²) < 4.78 is 10.4. The molecule has 3 nitrogen and oxygen atoms in total. The average Bonchev–Trinajstić information content (AvgIpc) is 2.36. The number of hydrogen-bond acceptors (Lipinski definition) is 3. The molecule has 0 radical (unpaired) electrons. The molecule has 1 aromatic rings. The zero-order valence-electron chi connectivity index (χ0n) is 10.6. The van der Waals surface area contributed by atoms with Gasteiger partial charge in [0.1, 0.15) is 5.75 Å². The number of halogens is 2. The average molecular weight is 336 g/mol. The molecule has 0 fully saturated rings. The summed E-state index contributed by atoms with van der Waals surface area (Å²) >= 11 is 9.42. The second kappa shape index (κ2) is 7.00. The zero-order valence-corrected chi connectivity index (χ0v) is 12.9. The highest BCUT2D eigenvalue weighted by atomic mass is 79.9. The van der Waals surface area contributed by atoms with E-state index >= 15 is 0 Å². The largest absolute Gasteiger partial charge is 0.477 e. The second-order valence-electron chi connectivity index (χ2n) is 4.20. The molecule has 0 aliphatic carbocycles. The highest BCUT2D eigenvalue weighted by Crippen LogP contribution is 2.28.